The van der Waals surface area contributed by atoms with Gasteiger partial charge in [0.05, 0.1) is 12.7 Å². The summed E-state index contributed by atoms with van der Waals surface area (Å²) in [6, 6.07) is 19.9. The highest BCUT2D eigenvalue weighted by atomic mass is 16.5. The van der Waals surface area contributed by atoms with Gasteiger partial charge in [0.1, 0.15) is 17.3 Å². The van der Waals surface area contributed by atoms with Gasteiger partial charge in [-0.3, -0.25) is 0 Å². The predicted octanol–water partition coefficient (Wildman–Crippen LogP) is 8.20. The Bertz CT molecular complexity index is 1350. The largest absolute Gasteiger partial charge is 0.508 e. The van der Waals surface area contributed by atoms with Crippen molar-refractivity contribution < 1.29 is 14.9 Å². The van der Waals surface area contributed by atoms with Crippen LogP contribution < -0.4 is 5.73 Å². The highest BCUT2D eigenvalue weighted by Gasteiger charge is 2.22. The summed E-state index contributed by atoms with van der Waals surface area (Å²) in [6.45, 7) is 11.8. The predicted molar refractivity (Wildman–Crippen MR) is 152 cm³/mol. The van der Waals surface area contributed by atoms with E-state index in [1.165, 1.54) is 7.05 Å². The SMILES string of the molecule is C=C(O)c1cc2ccccc2c(-c2c(O)c(/C(=C/CC)OC)cc3ccccc23)c1C.CC.CN. The van der Waals surface area contributed by atoms with Crippen molar-refractivity contribution in [2.45, 2.75) is 34.1 Å². The van der Waals surface area contributed by atoms with Crippen LogP contribution in [0.25, 0.3) is 44.2 Å². The number of fused-ring (bicyclic) bond motifs is 2. The molecule has 0 aromatic heterocycles. The van der Waals surface area contributed by atoms with Crippen LogP contribution in [0.4, 0.5) is 0 Å². The number of nitrogens with two attached hydrogens (primary N) is 1. The lowest BCUT2D eigenvalue weighted by Gasteiger charge is -2.20. The van der Waals surface area contributed by atoms with Crippen molar-refractivity contribution in [1.29, 1.82) is 0 Å². The van der Waals surface area contributed by atoms with Crippen LogP contribution in [0.1, 0.15) is 43.9 Å². The molecule has 0 fully saturated rings. The molecule has 4 heteroatoms. The van der Waals surface area contributed by atoms with Gasteiger partial charge in [-0.1, -0.05) is 75.9 Å². The number of allylic oxidation sites excluding steroid dienone is 1. The Morgan fingerprint density at radius 3 is 1.89 bits per heavy atom. The number of benzene rings is 4. The normalized spacial score (nSPS) is 10.8. The number of aliphatic hydroxyl groups excluding tert-OH is 1. The molecule has 0 aliphatic heterocycles. The van der Waals surface area contributed by atoms with E-state index in [2.05, 4.69) is 12.3 Å². The molecule has 0 heterocycles. The van der Waals surface area contributed by atoms with Crippen molar-refractivity contribution in [2.24, 2.45) is 5.73 Å². The second-order valence-corrected chi connectivity index (χ2v) is 7.64. The number of ether oxygens (including phenoxy) is 1. The minimum atomic E-state index is 0.00733. The molecule has 4 rings (SSSR count). The summed E-state index contributed by atoms with van der Waals surface area (Å²) in [5, 5.41) is 25.8. The van der Waals surface area contributed by atoms with E-state index in [0.29, 0.717) is 16.9 Å². The fourth-order valence-corrected chi connectivity index (χ4v) is 4.34. The second kappa shape index (κ2) is 12.6. The van der Waals surface area contributed by atoms with E-state index in [4.69, 9.17) is 4.74 Å². The monoisotopic (exact) mass is 471 g/mol. The molecular formula is C31H37NO3. The molecule has 0 unspecified atom stereocenters. The van der Waals surface area contributed by atoms with E-state index in [9.17, 15) is 10.2 Å². The third kappa shape index (κ3) is 5.33. The van der Waals surface area contributed by atoms with Crippen molar-refractivity contribution in [1.82, 2.24) is 0 Å². The van der Waals surface area contributed by atoms with Gasteiger partial charge >= 0.3 is 0 Å². The number of hydrogen-bond donors (Lipinski definition) is 3. The molecule has 0 spiro atoms. The van der Waals surface area contributed by atoms with E-state index in [-0.39, 0.29) is 11.5 Å². The minimum Gasteiger partial charge on any atom is -0.508 e. The highest BCUT2D eigenvalue weighted by molar-refractivity contribution is 6.11. The molecule has 35 heavy (non-hydrogen) atoms. The molecule has 4 N–H and O–H groups in total. The number of phenols is 1. The maximum absolute atomic E-state index is 11.6. The summed E-state index contributed by atoms with van der Waals surface area (Å²) in [4.78, 5) is 0. The van der Waals surface area contributed by atoms with Gasteiger partial charge in [0.15, 0.2) is 0 Å². The average molecular weight is 472 g/mol. The quantitative estimate of drug-likeness (QED) is 0.256. The molecule has 4 nitrogen and oxygen atoms in total. The maximum Gasteiger partial charge on any atom is 0.135 e. The standard InChI is InChI=1S/C28H26O3.C2H6.CH5N/c1-5-10-25(31-4)24-16-20-12-7-9-14-22(20)27(28(24)30)26-17(2)23(18(3)29)15-19-11-6-8-13-21(19)26;2*1-2/h6-16,29-30H,3,5H2,1-2,4H3;1-2H3;2H2,1H3/b25-10-;;. The number of aliphatic hydroxyl groups is 1. The Morgan fingerprint density at radius 1 is 0.914 bits per heavy atom. The summed E-state index contributed by atoms with van der Waals surface area (Å²) in [5.41, 5.74) is 8.28. The number of aromatic hydroxyl groups is 1. The fourth-order valence-electron chi connectivity index (χ4n) is 4.34. The molecular weight excluding hydrogens is 434 g/mol. The van der Waals surface area contributed by atoms with Gasteiger partial charge in [-0.15, -0.1) is 0 Å². The zero-order valence-electron chi connectivity index (χ0n) is 21.6. The number of phenolic OH excluding ortho intramolecular Hbond substituents is 1. The van der Waals surface area contributed by atoms with Crippen molar-refractivity contribution in [3.63, 3.8) is 0 Å². The summed E-state index contributed by atoms with van der Waals surface area (Å²) in [6.07, 6.45) is 2.75. The van der Waals surface area contributed by atoms with Gasteiger partial charge in [-0.25, -0.2) is 0 Å². The van der Waals surface area contributed by atoms with E-state index >= 15 is 0 Å². The van der Waals surface area contributed by atoms with E-state index in [0.717, 1.165) is 44.7 Å². The third-order valence-electron chi connectivity index (χ3n) is 5.77. The molecule has 184 valence electrons. The smallest absolute Gasteiger partial charge is 0.135 e. The first kappa shape index (κ1) is 27.5. The van der Waals surface area contributed by atoms with Gasteiger partial charge < -0.3 is 20.7 Å². The van der Waals surface area contributed by atoms with Crippen molar-refractivity contribution >= 4 is 33.1 Å². The lowest BCUT2D eigenvalue weighted by molar-refractivity contribution is 0.365. The zero-order valence-corrected chi connectivity index (χ0v) is 21.6. The van der Waals surface area contributed by atoms with Crippen LogP contribution in [0.3, 0.4) is 0 Å². The van der Waals surface area contributed by atoms with Crippen LogP contribution in [0.2, 0.25) is 0 Å². The molecule has 0 saturated carbocycles. The number of methoxy groups -OCH3 is 1. The van der Waals surface area contributed by atoms with Gasteiger partial charge in [0.25, 0.3) is 0 Å². The summed E-state index contributed by atoms with van der Waals surface area (Å²) in [5.74, 6) is 0.804. The van der Waals surface area contributed by atoms with Crippen LogP contribution in [-0.4, -0.2) is 24.4 Å². The Balaban J connectivity index is 0.00000103. The highest BCUT2D eigenvalue weighted by Crippen LogP contribution is 2.46. The Hall–Kier alpha value is -3.76. The minimum absolute atomic E-state index is 0.00733. The van der Waals surface area contributed by atoms with Crippen LogP contribution in [-0.2, 0) is 4.74 Å². The Kier molecular flexibility index (Phi) is 9.92. The topological polar surface area (TPSA) is 75.7 Å². The van der Waals surface area contributed by atoms with Gasteiger partial charge in [-0.2, -0.15) is 0 Å². The van der Waals surface area contributed by atoms with E-state index in [1.807, 2.05) is 94.4 Å². The zero-order chi connectivity index (χ0) is 26.1. The first-order valence-corrected chi connectivity index (χ1v) is 12.0. The number of hydrogen-bond acceptors (Lipinski definition) is 4. The lowest BCUT2D eigenvalue weighted by atomic mass is 9.85. The molecule has 0 saturated heterocycles. The van der Waals surface area contributed by atoms with E-state index < -0.39 is 0 Å². The third-order valence-corrected chi connectivity index (χ3v) is 5.77. The maximum atomic E-state index is 11.6. The average Bonchev–Trinajstić information content (AvgIpc) is 2.89. The van der Waals surface area contributed by atoms with Crippen LogP contribution in [0, 0.1) is 6.92 Å². The second-order valence-electron chi connectivity index (χ2n) is 7.64. The molecule has 0 atom stereocenters. The van der Waals surface area contributed by atoms with Crippen LogP contribution >= 0.6 is 0 Å². The Morgan fingerprint density at radius 2 is 1.40 bits per heavy atom. The summed E-state index contributed by atoms with van der Waals surface area (Å²) in [7, 11) is 3.12. The Labute approximate surface area is 209 Å². The first-order chi connectivity index (χ1) is 17.0. The molecule has 4 aromatic carbocycles. The van der Waals surface area contributed by atoms with E-state index in [1.54, 1.807) is 7.11 Å². The van der Waals surface area contributed by atoms with Crippen molar-refractivity contribution in [3.05, 3.63) is 90.0 Å². The van der Waals surface area contributed by atoms with Crippen LogP contribution in [0.5, 0.6) is 5.75 Å². The van der Waals surface area contributed by atoms with Gasteiger partial charge in [0, 0.05) is 11.1 Å². The van der Waals surface area contributed by atoms with Crippen molar-refractivity contribution in [3.8, 4) is 16.9 Å². The molecule has 0 radical (unpaired) electrons. The van der Waals surface area contributed by atoms with Crippen LogP contribution in [0.15, 0.2) is 73.3 Å². The van der Waals surface area contributed by atoms with Crippen molar-refractivity contribution in [2.75, 3.05) is 14.2 Å². The fraction of sp³-hybridized carbons (Fsp3) is 0.226. The number of rotatable bonds is 5. The summed E-state index contributed by atoms with van der Waals surface area (Å²) < 4.78 is 5.62. The molecule has 0 amide bonds. The molecule has 0 bridgehead atoms. The molecule has 0 aliphatic carbocycles. The van der Waals surface area contributed by atoms with Gasteiger partial charge in [0.2, 0.25) is 0 Å². The molecule has 4 aromatic rings. The molecule has 0 aliphatic rings. The summed E-state index contributed by atoms with van der Waals surface area (Å²) >= 11 is 0. The lowest BCUT2D eigenvalue weighted by Crippen LogP contribution is -1.97. The van der Waals surface area contributed by atoms with Gasteiger partial charge in [-0.05, 0) is 71.3 Å². The first-order valence-electron chi connectivity index (χ1n) is 12.0.